The van der Waals surface area contributed by atoms with Crippen molar-refractivity contribution in [3.8, 4) is 0 Å². The molecule has 0 aromatic heterocycles. The van der Waals surface area contributed by atoms with Gasteiger partial charge in [-0.25, -0.2) is 8.78 Å². The predicted octanol–water partition coefficient (Wildman–Crippen LogP) is -0.710. The molecule has 66 valence electrons. The van der Waals surface area contributed by atoms with Crippen LogP contribution in [0.2, 0.25) is 0 Å². The summed E-state index contributed by atoms with van der Waals surface area (Å²) >= 11 is 0. The number of rotatable bonds is 3. The van der Waals surface area contributed by atoms with Gasteiger partial charge >= 0.3 is 0 Å². The van der Waals surface area contributed by atoms with Gasteiger partial charge in [0, 0.05) is 0 Å². The molecule has 0 aromatic carbocycles. The van der Waals surface area contributed by atoms with Crippen LogP contribution >= 0.6 is 0 Å². The molecular formula is C6H11F2NO2. The number of hydrogen-bond donors (Lipinski definition) is 2. The number of halogens is 2. The molecule has 1 saturated heterocycles. The highest BCUT2D eigenvalue weighted by Gasteiger charge is 2.46. The van der Waals surface area contributed by atoms with Crippen LogP contribution in [0.4, 0.5) is 8.78 Å². The Kier molecular flexibility index (Phi) is 2.41. The molecule has 0 unspecified atom stereocenters. The zero-order valence-electron chi connectivity index (χ0n) is 6.00. The van der Waals surface area contributed by atoms with Crippen LogP contribution in [0, 0.1) is 0 Å². The molecule has 0 aromatic rings. The monoisotopic (exact) mass is 167 g/mol. The summed E-state index contributed by atoms with van der Waals surface area (Å²) in [6.07, 6.45) is 0. The quantitative estimate of drug-likeness (QED) is 0.583. The van der Waals surface area contributed by atoms with Gasteiger partial charge < -0.3 is 10.2 Å². The van der Waals surface area contributed by atoms with Crippen LogP contribution in [0.1, 0.15) is 0 Å². The molecule has 3 nitrogen and oxygen atoms in total. The zero-order valence-corrected chi connectivity index (χ0v) is 6.00. The van der Waals surface area contributed by atoms with Gasteiger partial charge in [-0.1, -0.05) is 0 Å². The minimum Gasteiger partial charge on any atom is -0.395 e. The Labute approximate surface area is 63.2 Å². The molecule has 0 bridgehead atoms. The van der Waals surface area contributed by atoms with E-state index in [0.29, 0.717) is 0 Å². The largest absolute Gasteiger partial charge is 0.395 e. The maximum Gasteiger partial charge on any atom is 0.272 e. The first kappa shape index (κ1) is 8.83. The number of nitrogens with zero attached hydrogens (tertiary/aromatic N) is 1. The molecule has 11 heavy (non-hydrogen) atoms. The highest BCUT2D eigenvalue weighted by molar-refractivity contribution is 4.90. The molecule has 1 aliphatic rings. The van der Waals surface area contributed by atoms with Crippen molar-refractivity contribution in [2.75, 3.05) is 26.3 Å². The van der Waals surface area contributed by atoms with E-state index in [4.69, 9.17) is 10.2 Å². The fourth-order valence-corrected chi connectivity index (χ4v) is 1.09. The van der Waals surface area contributed by atoms with Crippen LogP contribution in [0.25, 0.3) is 0 Å². The summed E-state index contributed by atoms with van der Waals surface area (Å²) in [4.78, 5) is 1.36. The Hall–Kier alpha value is -0.260. The van der Waals surface area contributed by atoms with Crippen molar-refractivity contribution in [1.29, 1.82) is 0 Å². The van der Waals surface area contributed by atoms with Crippen molar-refractivity contribution in [2.45, 2.75) is 12.0 Å². The van der Waals surface area contributed by atoms with E-state index in [1.807, 2.05) is 0 Å². The Morgan fingerprint density at radius 1 is 1.27 bits per heavy atom. The van der Waals surface area contributed by atoms with Crippen LogP contribution < -0.4 is 0 Å². The lowest BCUT2D eigenvalue weighted by Crippen LogP contribution is -2.61. The Balaban J connectivity index is 2.30. The smallest absolute Gasteiger partial charge is 0.272 e. The van der Waals surface area contributed by atoms with Crippen molar-refractivity contribution in [2.24, 2.45) is 0 Å². The molecule has 0 amide bonds. The van der Waals surface area contributed by atoms with Gasteiger partial charge in [-0.05, 0) is 0 Å². The summed E-state index contributed by atoms with van der Waals surface area (Å²) in [6, 6.07) is -0.519. The molecule has 5 heteroatoms. The molecule has 0 spiro atoms. The lowest BCUT2D eigenvalue weighted by atomic mass is 10.1. The highest BCUT2D eigenvalue weighted by atomic mass is 19.3. The summed E-state index contributed by atoms with van der Waals surface area (Å²) in [6.45, 7) is -1.24. The van der Waals surface area contributed by atoms with Crippen molar-refractivity contribution >= 4 is 0 Å². The third-order valence-corrected chi connectivity index (χ3v) is 1.81. The van der Waals surface area contributed by atoms with Crippen molar-refractivity contribution in [1.82, 2.24) is 4.90 Å². The van der Waals surface area contributed by atoms with Gasteiger partial charge in [0.15, 0.2) is 0 Å². The second kappa shape index (κ2) is 3.00. The van der Waals surface area contributed by atoms with Gasteiger partial charge in [-0.2, -0.15) is 0 Å². The summed E-state index contributed by atoms with van der Waals surface area (Å²) in [7, 11) is 0. The number of likely N-dealkylation sites (tertiary alicyclic amines) is 1. The second-order valence-electron chi connectivity index (χ2n) is 2.78. The average Bonchev–Trinajstić information content (AvgIpc) is 1.86. The van der Waals surface area contributed by atoms with E-state index in [9.17, 15) is 8.78 Å². The highest BCUT2D eigenvalue weighted by Crippen LogP contribution is 2.27. The fraction of sp³-hybridized carbons (Fsp3) is 1.00. The first-order valence-electron chi connectivity index (χ1n) is 3.42. The van der Waals surface area contributed by atoms with E-state index in [1.54, 1.807) is 0 Å². The van der Waals surface area contributed by atoms with Gasteiger partial charge in [-0.3, -0.25) is 4.90 Å². The molecule has 0 saturated carbocycles. The summed E-state index contributed by atoms with van der Waals surface area (Å²) in [5.74, 6) is -2.62. The summed E-state index contributed by atoms with van der Waals surface area (Å²) in [5.41, 5.74) is 0. The van der Waals surface area contributed by atoms with E-state index in [2.05, 4.69) is 0 Å². The maximum atomic E-state index is 12.2. The third-order valence-electron chi connectivity index (χ3n) is 1.81. The number of aliphatic hydroxyl groups is 2. The van der Waals surface area contributed by atoms with Gasteiger partial charge in [0.2, 0.25) is 0 Å². The molecule has 1 heterocycles. The SMILES string of the molecule is OCC(CO)N1CC(F)(F)C1. The molecule has 1 aliphatic heterocycles. The van der Waals surface area contributed by atoms with E-state index in [1.165, 1.54) is 4.90 Å². The normalized spacial score (nSPS) is 23.7. The minimum atomic E-state index is -2.62. The Morgan fingerprint density at radius 3 is 2.00 bits per heavy atom. The van der Waals surface area contributed by atoms with Crippen molar-refractivity contribution in [3.05, 3.63) is 0 Å². The molecule has 0 atom stereocenters. The first-order chi connectivity index (χ1) is 5.09. The van der Waals surface area contributed by atoms with Crippen LogP contribution in [-0.2, 0) is 0 Å². The van der Waals surface area contributed by atoms with E-state index >= 15 is 0 Å². The lowest BCUT2D eigenvalue weighted by molar-refractivity contribution is -0.155. The van der Waals surface area contributed by atoms with E-state index in [0.717, 1.165) is 0 Å². The Bertz CT molecular complexity index is 131. The van der Waals surface area contributed by atoms with Crippen LogP contribution in [-0.4, -0.2) is 53.4 Å². The summed E-state index contributed by atoms with van der Waals surface area (Å²) < 4.78 is 24.4. The predicted molar refractivity (Wildman–Crippen MR) is 34.5 cm³/mol. The van der Waals surface area contributed by atoms with Crippen LogP contribution in [0.15, 0.2) is 0 Å². The standard InChI is InChI=1S/C6H11F2NO2/c7-6(8)3-9(4-6)5(1-10)2-11/h5,10-11H,1-4H2. The zero-order chi connectivity index (χ0) is 8.48. The molecule has 0 aliphatic carbocycles. The minimum absolute atomic E-state index is 0.271. The number of hydrogen-bond acceptors (Lipinski definition) is 3. The molecular weight excluding hydrogens is 156 g/mol. The van der Waals surface area contributed by atoms with Gasteiger partial charge in [-0.15, -0.1) is 0 Å². The molecule has 0 radical (unpaired) electrons. The number of aliphatic hydroxyl groups excluding tert-OH is 2. The van der Waals surface area contributed by atoms with E-state index in [-0.39, 0.29) is 26.3 Å². The molecule has 2 N–H and O–H groups in total. The maximum absolute atomic E-state index is 12.2. The van der Waals surface area contributed by atoms with Gasteiger partial charge in [0.25, 0.3) is 5.92 Å². The number of alkyl halides is 2. The Morgan fingerprint density at radius 2 is 1.73 bits per heavy atom. The van der Waals surface area contributed by atoms with Gasteiger partial charge in [0.05, 0.1) is 32.3 Å². The lowest BCUT2D eigenvalue weighted by Gasteiger charge is -2.42. The van der Waals surface area contributed by atoms with Crippen LogP contribution in [0.5, 0.6) is 0 Å². The van der Waals surface area contributed by atoms with Gasteiger partial charge in [0.1, 0.15) is 0 Å². The first-order valence-corrected chi connectivity index (χ1v) is 3.42. The average molecular weight is 167 g/mol. The summed E-state index contributed by atoms with van der Waals surface area (Å²) in [5, 5.41) is 17.2. The second-order valence-corrected chi connectivity index (χ2v) is 2.78. The van der Waals surface area contributed by atoms with Crippen molar-refractivity contribution in [3.63, 3.8) is 0 Å². The topological polar surface area (TPSA) is 43.7 Å². The molecule has 1 fully saturated rings. The third kappa shape index (κ3) is 1.85. The van der Waals surface area contributed by atoms with Crippen LogP contribution in [0.3, 0.4) is 0 Å². The fourth-order valence-electron chi connectivity index (χ4n) is 1.09. The molecule has 1 rings (SSSR count). The van der Waals surface area contributed by atoms with Crippen molar-refractivity contribution < 1.29 is 19.0 Å². The van der Waals surface area contributed by atoms with E-state index < -0.39 is 12.0 Å².